The van der Waals surface area contributed by atoms with Crippen molar-refractivity contribution in [2.75, 3.05) is 30.9 Å². The van der Waals surface area contributed by atoms with Crippen molar-refractivity contribution >= 4 is 36.0 Å². The van der Waals surface area contributed by atoms with E-state index in [2.05, 4.69) is 44.2 Å². The van der Waals surface area contributed by atoms with Crippen LogP contribution in [0.4, 0.5) is 5.82 Å². The number of ether oxygens (including phenoxy) is 2. The Morgan fingerprint density at radius 1 is 0.917 bits per heavy atom. The number of halogens is 1. The largest absolute Gasteiger partial charge is 0.456 e. The van der Waals surface area contributed by atoms with Crippen molar-refractivity contribution in [1.29, 1.82) is 0 Å². The number of aliphatic hydroxyl groups is 2. The fourth-order valence-corrected chi connectivity index (χ4v) is 8.46. The number of fused-ring (bicyclic) bond motifs is 3. The van der Waals surface area contributed by atoms with Crippen LogP contribution in [0.2, 0.25) is 5.28 Å². The average Bonchev–Trinajstić information content (AvgIpc) is 3.75. The van der Waals surface area contributed by atoms with Crippen molar-refractivity contribution in [2.45, 2.75) is 42.8 Å². The Bertz CT molecular complexity index is 1930. The lowest BCUT2D eigenvalue weighted by Crippen LogP contribution is -2.58. The first kappa shape index (κ1) is 31.3. The zero-order valence-electron chi connectivity index (χ0n) is 25.7. The molecule has 14 heteroatoms. The molecule has 2 saturated heterocycles. The Kier molecular flexibility index (Phi) is 8.11. The van der Waals surface area contributed by atoms with Crippen molar-refractivity contribution in [3.63, 3.8) is 0 Å². The summed E-state index contributed by atoms with van der Waals surface area (Å²) < 4.78 is 38.6. The molecule has 4 atom stereocenters. The van der Waals surface area contributed by atoms with E-state index >= 15 is 0 Å². The lowest BCUT2D eigenvalue weighted by atomic mass is 9.75. The van der Waals surface area contributed by atoms with Crippen molar-refractivity contribution in [3.05, 3.63) is 108 Å². The van der Waals surface area contributed by atoms with Gasteiger partial charge in [-0.2, -0.15) is 15.1 Å². The second-order valence-corrected chi connectivity index (χ2v) is 14.6. The van der Waals surface area contributed by atoms with E-state index in [0.29, 0.717) is 28.4 Å². The van der Waals surface area contributed by atoms with E-state index in [9.17, 15) is 14.8 Å². The normalized spacial score (nSPS) is 22.9. The van der Waals surface area contributed by atoms with Crippen LogP contribution in [0.25, 0.3) is 11.0 Å². The van der Waals surface area contributed by atoms with E-state index in [1.54, 1.807) is 54.7 Å². The lowest BCUT2D eigenvalue weighted by molar-refractivity contribution is -0.0657. The van der Waals surface area contributed by atoms with Gasteiger partial charge in [0.15, 0.2) is 18.2 Å². The highest BCUT2D eigenvalue weighted by Crippen LogP contribution is 2.49. The molecule has 12 nitrogen and oxygen atoms in total. The Morgan fingerprint density at radius 3 is 2.29 bits per heavy atom. The molecule has 1 aliphatic carbocycles. The van der Waals surface area contributed by atoms with Gasteiger partial charge in [0.1, 0.15) is 35.6 Å². The minimum Gasteiger partial charge on any atom is -0.415 e. The van der Waals surface area contributed by atoms with Gasteiger partial charge in [0.2, 0.25) is 5.28 Å². The molecule has 0 radical (unpaired) electrons. The molecule has 0 amide bonds. The van der Waals surface area contributed by atoms with Crippen molar-refractivity contribution in [3.8, 4) is 11.5 Å². The molecule has 3 aromatic carbocycles. The topological polar surface area (TPSA) is 141 Å². The summed E-state index contributed by atoms with van der Waals surface area (Å²) in [6.45, 7) is 1.38. The van der Waals surface area contributed by atoms with Gasteiger partial charge < -0.3 is 33.6 Å². The first-order valence-electron chi connectivity index (χ1n) is 15.7. The van der Waals surface area contributed by atoms with E-state index in [4.69, 9.17) is 30.1 Å². The van der Waals surface area contributed by atoms with Crippen LogP contribution < -0.4 is 13.9 Å². The van der Waals surface area contributed by atoms with Gasteiger partial charge in [0.05, 0.1) is 18.2 Å². The van der Waals surface area contributed by atoms with E-state index in [0.717, 1.165) is 25.9 Å². The molecule has 2 aromatic heterocycles. The molecule has 2 aliphatic heterocycles. The quantitative estimate of drug-likeness (QED) is 0.149. The van der Waals surface area contributed by atoms with Crippen LogP contribution in [0.1, 0.15) is 23.8 Å². The minimum absolute atomic E-state index is 0.0347. The number of aromatic nitrogens is 4. The first-order chi connectivity index (χ1) is 23.3. The second kappa shape index (κ2) is 12.5. The number of rotatable bonds is 10. The van der Waals surface area contributed by atoms with Gasteiger partial charge in [-0.3, -0.25) is 0 Å². The predicted octanol–water partition coefficient (Wildman–Crippen LogP) is 5.13. The fraction of sp³-hybridized carbons (Fsp3) is 0.324. The molecule has 1 spiro atoms. The minimum atomic E-state index is -3.87. The molecule has 2 fully saturated rings. The Labute approximate surface area is 281 Å². The first-order valence-corrected chi connectivity index (χ1v) is 17.8. The van der Waals surface area contributed by atoms with Crippen LogP contribution in [-0.2, 0) is 25.9 Å². The smallest absolute Gasteiger partial charge is 0.415 e. The summed E-state index contributed by atoms with van der Waals surface area (Å²) in [5, 5.41) is 27.2. The van der Waals surface area contributed by atoms with Crippen LogP contribution in [0, 0.1) is 0 Å². The molecule has 3 aliphatic rings. The van der Waals surface area contributed by atoms with E-state index in [1.807, 2.05) is 12.1 Å². The summed E-state index contributed by atoms with van der Waals surface area (Å²) in [6, 6.07) is 25.9. The van der Waals surface area contributed by atoms with Crippen molar-refractivity contribution in [2.24, 2.45) is 0 Å². The summed E-state index contributed by atoms with van der Waals surface area (Å²) in [7, 11) is -3.87. The van der Waals surface area contributed by atoms with Crippen LogP contribution >= 0.6 is 19.2 Å². The van der Waals surface area contributed by atoms with E-state index in [-0.39, 0.29) is 17.3 Å². The predicted molar refractivity (Wildman–Crippen MR) is 177 cm³/mol. The van der Waals surface area contributed by atoms with Gasteiger partial charge in [-0.05, 0) is 59.8 Å². The Balaban J connectivity index is 0.970. The van der Waals surface area contributed by atoms with Gasteiger partial charge in [0.25, 0.3) is 0 Å². The molecule has 48 heavy (non-hydrogen) atoms. The Hall–Kier alpha value is -4.03. The van der Waals surface area contributed by atoms with Gasteiger partial charge in [0, 0.05) is 18.5 Å². The summed E-state index contributed by atoms with van der Waals surface area (Å²) in [5.74, 6) is 1.35. The van der Waals surface area contributed by atoms with Crippen LogP contribution in [0.3, 0.4) is 0 Å². The number of benzene rings is 3. The molecule has 0 saturated carbocycles. The van der Waals surface area contributed by atoms with Crippen molar-refractivity contribution in [1.82, 2.24) is 19.7 Å². The third-order valence-corrected chi connectivity index (χ3v) is 10.9. The molecule has 0 unspecified atom stereocenters. The fourth-order valence-electron chi connectivity index (χ4n) is 6.94. The molecule has 248 valence electrons. The number of nitrogens with zero attached hydrogens (tertiary/aromatic N) is 5. The highest BCUT2D eigenvalue weighted by molar-refractivity contribution is 7.54. The number of hydrogen-bond donors (Lipinski definition) is 2. The maximum Gasteiger partial charge on any atom is 0.456 e. The molecule has 4 heterocycles. The molecule has 0 bridgehead atoms. The van der Waals surface area contributed by atoms with Gasteiger partial charge in [-0.1, -0.05) is 60.7 Å². The second-order valence-electron chi connectivity index (χ2n) is 12.4. The number of aryl methyl sites for hydroxylation is 1. The van der Waals surface area contributed by atoms with Gasteiger partial charge in [-0.15, -0.1) is 0 Å². The zero-order valence-corrected chi connectivity index (χ0v) is 27.4. The van der Waals surface area contributed by atoms with E-state index < -0.39 is 38.5 Å². The number of aliphatic hydroxyl groups excluding tert-OH is 2. The van der Waals surface area contributed by atoms with Crippen LogP contribution in [-0.4, -0.2) is 74.3 Å². The highest BCUT2D eigenvalue weighted by atomic mass is 35.5. The van der Waals surface area contributed by atoms with Gasteiger partial charge >= 0.3 is 7.60 Å². The summed E-state index contributed by atoms with van der Waals surface area (Å²) in [5.41, 5.74) is 3.25. The van der Waals surface area contributed by atoms with Crippen LogP contribution in [0.15, 0.2) is 91.1 Å². The number of anilines is 1. The molecular formula is C34H33ClN5O7P. The van der Waals surface area contributed by atoms with Gasteiger partial charge in [-0.25, -0.2) is 9.25 Å². The number of hydrogen-bond acceptors (Lipinski definition) is 11. The van der Waals surface area contributed by atoms with Crippen LogP contribution in [0.5, 0.6) is 11.5 Å². The monoisotopic (exact) mass is 689 g/mol. The lowest BCUT2D eigenvalue weighted by Gasteiger charge is -2.49. The third-order valence-electron chi connectivity index (χ3n) is 9.24. The molecule has 5 aromatic rings. The average molecular weight is 690 g/mol. The maximum atomic E-state index is 13.8. The SMILES string of the molecule is O=P(COC[C@H]1O[C@@H](n2ncc3c(N4CC5(CCc6ccccc65)C4)nc(Cl)nc32)[C@H](O)[C@@H]1O)(Oc1ccccc1)Oc1ccccc1. The summed E-state index contributed by atoms with van der Waals surface area (Å²) in [4.78, 5) is 11.1. The number of para-hydroxylation sites is 2. The highest BCUT2D eigenvalue weighted by Gasteiger charge is 2.50. The molecule has 8 rings (SSSR count). The molecular weight excluding hydrogens is 657 g/mol. The summed E-state index contributed by atoms with van der Waals surface area (Å²) in [6.07, 6.45) is -1.46. The zero-order chi connectivity index (χ0) is 32.9. The Morgan fingerprint density at radius 2 is 1.58 bits per heavy atom. The summed E-state index contributed by atoms with van der Waals surface area (Å²) >= 11 is 6.42. The van der Waals surface area contributed by atoms with Crippen molar-refractivity contribution < 1.29 is 33.3 Å². The molecule has 2 N–H and O–H groups in total. The standard InChI is InChI=1S/C34H33ClN5O7P/c35-33-37-30(39-19-34(20-39)16-15-22-9-7-8-14-26(22)34)25-17-36-40(31(25)38-33)32-29(42)28(41)27(45-32)18-44-21-48(43,46-23-10-3-1-4-11-23)47-24-12-5-2-6-13-24/h1-14,17,27-29,32,41-42H,15-16,18-21H2/t27-,28-,29-,32-/m1/s1. The van der Waals surface area contributed by atoms with E-state index in [1.165, 1.54) is 15.8 Å². The maximum absolute atomic E-state index is 13.8. The third kappa shape index (κ3) is 5.72.